The van der Waals surface area contributed by atoms with Crippen LogP contribution < -0.4 is 5.73 Å². The molecular formula is C14H15F3NS. The van der Waals surface area contributed by atoms with Crippen molar-refractivity contribution in [2.45, 2.75) is 23.5 Å². The first-order valence-corrected chi connectivity index (χ1v) is 7.16. The van der Waals surface area contributed by atoms with E-state index in [-0.39, 0.29) is 0 Å². The number of thiol groups is 1. The Labute approximate surface area is 113 Å². The molecular weight excluding hydrogens is 271 g/mol. The standard InChI is InChI=1S/C14H15F3NS/c1-13(2,18)10-3-5-12(6-4-10)19-8-7-11(9-19)14(15,16)17/h3-9,19H,1,18H2,2H3. The van der Waals surface area contributed by atoms with E-state index in [9.17, 15) is 13.2 Å². The number of alkyl halides is 3. The van der Waals surface area contributed by atoms with Gasteiger partial charge < -0.3 is 5.73 Å². The highest BCUT2D eigenvalue weighted by Gasteiger charge is 2.34. The van der Waals surface area contributed by atoms with Gasteiger partial charge in [-0.2, -0.15) is 24.1 Å². The van der Waals surface area contributed by atoms with Crippen molar-refractivity contribution in [3.63, 3.8) is 0 Å². The van der Waals surface area contributed by atoms with Crippen LogP contribution in [0.2, 0.25) is 0 Å². The summed E-state index contributed by atoms with van der Waals surface area (Å²) in [6.45, 7) is 5.60. The monoisotopic (exact) mass is 286 g/mol. The molecule has 5 heteroatoms. The van der Waals surface area contributed by atoms with Gasteiger partial charge in [-0.3, -0.25) is 0 Å². The van der Waals surface area contributed by atoms with Gasteiger partial charge in [-0.05, 0) is 53.3 Å². The van der Waals surface area contributed by atoms with Gasteiger partial charge in [-0.1, -0.05) is 12.1 Å². The normalized spacial score (nSPS) is 21.6. The fourth-order valence-electron chi connectivity index (χ4n) is 1.74. The molecule has 0 bridgehead atoms. The van der Waals surface area contributed by atoms with E-state index in [1.807, 2.05) is 24.3 Å². The maximum absolute atomic E-state index is 12.5. The van der Waals surface area contributed by atoms with Crippen LogP contribution >= 0.6 is 10.9 Å². The molecule has 2 unspecified atom stereocenters. The minimum Gasteiger partial charge on any atom is -0.322 e. The number of hydrogen-bond acceptors (Lipinski definition) is 1. The van der Waals surface area contributed by atoms with Crippen LogP contribution in [-0.2, 0) is 5.54 Å². The Bertz CT molecular complexity index is 521. The summed E-state index contributed by atoms with van der Waals surface area (Å²) in [5, 5.41) is 2.90. The van der Waals surface area contributed by atoms with Crippen molar-refractivity contribution in [3.8, 4) is 0 Å². The van der Waals surface area contributed by atoms with Crippen LogP contribution in [0.25, 0.3) is 0 Å². The van der Waals surface area contributed by atoms with E-state index in [1.165, 1.54) is 5.41 Å². The SMILES string of the molecule is [CH2]C(C)(N)c1ccc([SH]2C=CC(C(F)(F)F)=C2)cc1. The van der Waals surface area contributed by atoms with Gasteiger partial charge in [0, 0.05) is 5.54 Å². The smallest absolute Gasteiger partial charge is 0.322 e. The van der Waals surface area contributed by atoms with Crippen molar-refractivity contribution in [3.05, 3.63) is 59.2 Å². The number of rotatable bonds is 2. The fraction of sp³-hybridized carbons (Fsp3) is 0.214. The highest BCUT2D eigenvalue weighted by molar-refractivity contribution is 8.22. The first-order valence-electron chi connectivity index (χ1n) is 5.68. The lowest BCUT2D eigenvalue weighted by Gasteiger charge is -2.20. The van der Waals surface area contributed by atoms with Crippen LogP contribution in [0.1, 0.15) is 12.5 Å². The predicted molar refractivity (Wildman–Crippen MR) is 73.9 cm³/mol. The zero-order chi connectivity index (χ0) is 14.3. The summed E-state index contributed by atoms with van der Waals surface area (Å²) < 4.78 is 37.6. The van der Waals surface area contributed by atoms with Crippen LogP contribution in [0, 0.1) is 6.92 Å². The van der Waals surface area contributed by atoms with Gasteiger partial charge in [0.1, 0.15) is 0 Å². The summed E-state index contributed by atoms with van der Waals surface area (Å²) in [7, 11) is -1.02. The average molecular weight is 286 g/mol. The number of hydrogen-bond donors (Lipinski definition) is 2. The minimum absolute atomic E-state index is 0.566. The van der Waals surface area contributed by atoms with Gasteiger partial charge in [-0.15, -0.1) is 0 Å². The molecule has 1 nitrogen and oxygen atoms in total. The van der Waals surface area contributed by atoms with Gasteiger partial charge in [0.05, 0.1) is 5.57 Å². The molecule has 0 aliphatic carbocycles. The number of halogens is 3. The summed E-state index contributed by atoms with van der Waals surface area (Å²) in [5.74, 6) is 0. The van der Waals surface area contributed by atoms with Gasteiger partial charge in [0.2, 0.25) is 0 Å². The lowest BCUT2D eigenvalue weighted by atomic mass is 9.96. The van der Waals surface area contributed by atoms with E-state index >= 15 is 0 Å². The molecule has 1 aromatic carbocycles. The highest BCUT2D eigenvalue weighted by atomic mass is 32.2. The topological polar surface area (TPSA) is 26.0 Å². The molecule has 0 saturated heterocycles. The maximum Gasteiger partial charge on any atom is 0.416 e. The Kier molecular flexibility index (Phi) is 3.53. The summed E-state index contributed by atoms with van der Waals surface area (Å²) >= 11 is 0. The summed E-state index contributed by atoms with van der Waals surface area (Å²) in [6, 6.07) is 7.27. The van der Waals surface area contributed by atoms with Crippen molar-refractivity contribution < 1.29 is 13.2 Å². The number of nitrogens with two attached hydrogens (primary N) is 1. The molecule has 19 heavy (non-hydrogen) atoms. The van der Waals surface area contributed by atoms with Crippen LogP contribution in [0.4, 0.5) is 13.2 Å². The highest BCUT2D eigenvalue weighted by Crippen LogP contribution is 2.47. The molecule has 1 aliphatic heterocycles. The maximum atomic E-state index is 12.5. The predicted octanol–water partition coefficient (Wildman–Crippen LogP) is 4.03. The molecule has 1 heterocycles. The zero-order valence-electron chi connectivity index (χ0n) is 10.4. The molecule has 103 valence electrons. The first kappa shape index (κ1) is 14.2. The van der Waals surface area contributed by atoms with Crippen LogP contribution in [0.3, 0.4) is 0 Å². The Morgan fingerprint density at radius 3 is 2.16 bits per heavy atom. The van der Waals surface area contributed by atoms with Gasteiger partial charge in [0.25, 0.3) is 0 Å². The Hall–Kier alpha value is -1.20. The fourth-order valence-corrected chi connectivity index (χ4v) is 3.49. The molecule has 1 aliphatic rings. The molecule has 2 atom stereocenters. The van der Waals surface area contributed by atoms with Gasteiger partial charge in [-0.25, -0.2) is 0 Å². The third-order valence-corrected chi connectivity index (χ3v) is 4.77. The second-order valence-electron chi connectivity index (χ2n) is 4.77. The van der Waals surface area contributed by atoms with Crippen molar-refractivity contribution in [2.75, 3.05) is 0 Å². The second-order valence-corrected chi connectivity index (χ2v) is 6.66. The molecule has 2 rings (SSSR count). The largest absolute Gasteiger partial charge is 0.416 e. The first-order chi connectivity index (χ1) is 8.68. The van der Waals surface area contributed by atoms with Crippen molar-refractivity contribution in [1.82, 2.24) is 0 Å². The third-order valence-electron chi connectivity index (χ3n) is 2.85. The molecule has 0 saturated carbocycles. The molecule has 0 amide bonds. The van der Waals surface area contributed by atoms with E-state index in [0.29, 0.717) is 0 Å². The molecule has 0 spiro atoms. The van der Waals surface area contributed by atoms with Gasteiger partial charge in [0.15, 0.2) is 0 Å². The Balaban J connectivity index is 2.22. The Morgan fingerprint density at radius 1 is 1.16 bits per heavy atom. The number of allylic oxidation sites excluding steroid dienone is 2. The molecule has 1 radical (unpaired) electrons. The molecule has 1 aromatic rings. The van der Waals surface area contributed by atoms with Crippen molar-refractivity contribution >= 4 is 10.9 Å². The van der Waals surface area contributed by atoms with E-state index in [0.717, 1.165) is 16.5 Å². The minimum atomic E-state index is -4.27. The molecule has 0 fully saturated rings. The second kappa shape index (κ2) is 4.72. The van der Waals surface area contributed by atoms with Crippen LogP contribution in [0.15, 0.2) is 51.6 Å². The third kappa shape index (κ3) is 3.22. The van der Waals surface area contributed by atoms with Crippen molar-refractivity contribution in [1.29, 1.82) is 0 Å². The van der Waals surface area contributed by atoms with Crippen molar-refractivity contribution in [2.24, 2.45) is 5.73 Å². The van der Waals surface area contributed by atoms with Gasteiger partial charge >= 0.3 is 6.18 Å². The molecule has 2 N–H and O–H groups in total. The number of benzene rings is 1. The molecule has 0 aromatic heterocycles. The average Bonchev–Trinajstić information content (AvgIpc) is 2.77. The van der Waals surface area contributed by atoms with E-state index in [2.05, 4.69) is 6.92 Å². The lowest BCUT2D eigenvalue weighted by molar-refractivity contribution is -0.0878. The summed E-state index contributed by atoms with van der Waals surface area (Å²) in [5.41, 5.74) is 5.46. The van der Waals surface area contributed by atoms with E-state index < -0.39 is 28.2 Å². The Morgan fingerprint density at radius 2 is 1.74 bits per heavy atom. The zero-order valence-corrected chi connectivity index (χ0v) is 11.3. The lowest BCUT2D eigenvalue weighted by Crippen LogP contribution is -2.28. The quantitative estimate of drug-likeness (QED) is 0.789. The van der Waals surface area contributed by atoms with E-state index in [1.54, 1.807) is 12.3 Å². The van der Waals surface area contributed by atoms with Crippen LogP contribution in [-0.4, -0.2) is 6.18 Å². The van der Waals surface area contributed by atoms with Crippen LogP contribution in [0.5, 0.6) is 0 Å². The summed E-state index contributed by atoms with van der Waals surface area (Å²) in [4.78, 5) is 0.874. The summed E-state index contributed by atoms with van der Waals surface area (Å²) in [6.07, 6.45) is -3.12. The van der Waals surface area contributed by atoms with E-state index in [4.69, 9.17) is 5.73 Å².